The highest BCUT2D eigenvalue weighted by molar-refractivity contribution is 5.76. The average Bonchev–Trinajstić information content (AvgIpc) is 2.54. The van der Waals surface area contributed by atoms with Crippen LogP contribution in [0, 0.1) is 0 Å². The molecule has 15 heavy (non-hydrogen) atoms. The summed E-state index contributed by atoms with van der Waals surface area (Å²) in [5.74, 6) is -0.202. The second kappa shape index (κ2) is 4.39. The van der Waals surface area contributed by atoms with Crippen LogP contribution in [0.5, 0.6) is 0 Å². The SMILES string of the molecule is CC(O)C(C)(C)NC(=O)Cn1cncn1. The largest absolute Gasteiger partial charge is 0.391 e. The van der Waals surface area contributed by atoms with Crippen LogP contribution in [-0.4, -0.2) is 37.4 Å². The first-order chi connectivity index (χ1) is 6.92. The Hall–Kier alpha value is -1.43. The molecule has 2 N–H and O–H groups in total. The van der Waals surface area contributed by atoms with E-state index in [0.29, 0.717) is 0 Å². The summed E-state index contributed by atoms with van der Waals surface area (Å²) < 4.78 is 1.42. The van der Waals surface area contributed by atoms with Crippen molar-refractivity contribution in [2.45, 2.75) is 39.0 Å². The first-order valence-corrected chi connectivity index (χ1v) is 4.73. The summed E-state index contributed by atoms with van der Waals surface area (Å²) >= 11 is 0. The summed E-state index contributed by atoms with van der Waals surface area (Å²) in [6.45, 7) is 5.26. The van der Waals surface area contributed by atoms with E-state index in [1.165, 1.54) is 17.3 Å². The van der Waals surface area contributed by atoms with Crippen LogP contribution in [0.2, 0.25) is 0 Å². The van der Waals surface area contributed by atoms with Gasteiger partial charge in [0.1, 0.15) is 19.2 Å². The molecule has 0 aliphatic rings. The standard InChI is InChI=1S/C9H16N4O2/c1-7(14)9(2,3)12-8(15)4-13-6-10-5-11-13/h5-7,14H,4H2,1-3H3,(H,12,15). The van der Waals surface area contributed by atoms with Crippen LogP contribution in [0.4, 0.5) is 0 Å². The third-order valence-corrected chi connectivity index (χ3v) is 2.28. The van der Waals surface area contributed by atoms with Crippen LogP contribution < -0.4 is 5.32 Å². The minimum Gasteiger partial charge on any atom is -0.391 e. The molecular weight excluding hydrogens is 196 g/mol. The van der Waals surface area contributed by atoms with Crippen molar-refractivity contribution in [1.82, 2.24) is 20.1 Å². The molecule has 0 aliphatic carbocycles. The minimum atomic E-state index is -0.641. The lowest BCUT2D eigenvalue weighted by Gasteiger charge is -2.29. The quantitative estimate of drug-likeness (QED) is 0.708. The van der Waals surface area contributed by atoms with Crippen LogP contribution >= 0.6 is 0 Å². The fraction of sp³-hybridized carbons (Fsp3) is 0.667. The van der Waals surface area contributed by atoms with Crippen molar-refractivity contribution in [3.05, 3.63) is 12.7 Å². The van der Waals surface area contributed by atoms with E-state index in [-0.39, 0.29) is 12.5 Å². The molecule has 0 saturated heterocycles. The van der Waals surface area contributed by atoms with Crippen molar-refractivity contribution >= 4 is 5.91 Å². The molecule has 1 atom stereocenters. The Bertz CT molecular complexity index is 319. The van der Waals surface area contributed by atoms with E-state index < -0.39 is 11.6 Å². The summed E-state index contributed by atoms with van der Waals surface area (Å²) in [5.41, 5.74) is -0.641. The number of aliphatic hydroxyl groups excluding tert-OH is 1. The first kappa shape index (κ1) is 11.6. The molecule has 0 saturated carbocycles. The number of hydrogen-bond acceptors (Lipinski definition) is 4. The summed E-state index contributed by atoms with van der Waals surface area (Å²) in [6, 6.07) is 0. The summed E-state index contributed by atoms with van der Waals surface area (Å²) in [5, 5.41) is 15.9. The molecular formula is C9H16N4O2. The predicted molar refractivity (Wildman–Crippen MR) is 53.9 cm³/mol. The molecule has 6 heteroatoms. The van der Waals surface area contributed by atoms with Gasteiger partial charge in [-0.15, -0.1) is 0 Å². The van der Waals surface area contributed by atoms with Crippen LogP contribution in [0.25, 0.3) is 0 Å². The minimum absolute atomic E-state index is 0.107. The molecule has 1 aromatic heterocycles. The Morgan fingerprint density at radius 2 is 2.33 bits per heavy atom. The second-order valence-corrected chi connectivity index (χ2v) is 4.04. The topological polar surface area (TPSA) is 80.0 Å². The third-order valence-electron chi connectivity index (χ3n) is 2.28. The van der Waals surface area contributed by atoms with Gasteiger partial charge in [0.05, 0.1) is 11.6 Å². The van der Waals surface area contributed by atoms with Gasteiger partial charge in [-0.1, -0.05) is 0 Å². The normalized spacial score (nSPS) is 13.6. The highest BCUT2D eigenvalue weighted by atomic mass is 16.3. The highest BCUT2D eigenvalue weighted by Crippen LogP contribution is 2.07. The van der Waals surface area contributed by atoms with E-state index in [1.54, 1.807) is 20.8 Å². The van der Waals surface area contributed by atoms with Crippen molar-refractivity contribution in [3.63, 3.8) is 0 Å². The lowest BCUT2D eigenvalue weighted by Crippen LogP contribution is -2.51. The molecule has 0 fully saturated rings. The lowest BCUT2D eigenvalue weighted by molar-refractivity contribution is -0.124. The van der Waals surface area contributed by atoms with Crippen LogP contribution in [-0.2, 0) is 11.3 Å². The Kier molecular flexibility index (Phi) is 3.41. The highest BCUT2D eigenvalue weighted by Gasteiger charge is 2.25. The molecule has 0 radical (unpaired) electrons. The molecule has 1 heterocycles. The molecule has 84 valence electrons. The summed E-state index contributed by atoms with van der Waals surface area (Å²) in [6.07, 6.45) is 2.22. The van der Waals surface area contributed by atoms with Crippen molar-refractivity contribution in [2.75, 3.05) is 0 Å². The molecule has 1 unspecified atom stereocenters. The number of nitrogens with zero attached hydrogens (tertiary/aromatic N) is 3. The smallest absolute Gasteiger partial charge is 0.242 e. The zero-order valence-electron chi connectivity index (χ0n) is 9.14. The molecule has 0 bridgehead atoms. The molecule has 1 rings (SSSR count). The Labute approximate surface area is 88.3 Å². The van der Waals surface area contributed by atoms with E-state index in [4.69, 9.17) is 0 Å². The first-order valence-electron chi connectivity index (χ1n) is 4.73. The van der Waals surface area contributed by atoms with E-state index in [0.717, 1.165) is 0 Å². The zero-order valence-corrected chi connectivity index (χ0v) is 9.14. The van der Waals surface area contributed by atoms with E-state index in [9.17, 15) is 9.90 Å². The van der Waals surface area contributed by atoms with Gasteiger partial charge in [0.15, 0.2) is 0 Å². The van der Waals surface area contributed by atoms with Crippen LogP contribution in [0.3, 0.4) is 0 Å². The molecule has 1 amide bonds. The predicted octanol–water partition coefficient (Wildman–Crippen LogP) is -0.446. The average molecular weight is 212 g/mol. The van der Waals surface area contributed by atoms with Gasteiger partial charge in [0.25, 0.3) is 0 Å². The Morgan fingerprint density at radius 3 is 2.80 bits per heavy atom. The molecule has 6 nitrogen and oxygen atoms in total. The van der Waals surface area contributed by atoms with Crippen LogP contribution in [0.15, 0.2) is 12.7 Å². The zero-order chi connectivity index (χ0) is 11.5. The maximum atomic E-state index is 11.5. The van der Waals surface area contributed by atoms with Gasteiger partial charge < -0.3 is 10.4 Å². The fourth-order valence-corrected chi connectivity index (χ4v) is 0.965. The molecule has 0 spiro atoms. The Morgan fingerprint density at radius 1 is 1.67 bits per heavy atom. The van der Waals surface area contributed by atoms with E-state index >= 15 is 0 Å². The van der Waals surface area contributed by atoms with Crippen molar-refractivity contribution in [2.24, 2.45) is 0 Å². The summed E-state index contributed by atoms with van der Waals surface area (Å²) in [4.78, 5) is 15.2. The van der Waals surface area contributed by atoms with Gasteiger partial charge >= 0.3 is 0 Å². The monoisotopic (exact) mass is 212 g/mol. The number of aliphatic hydroxyl groups is 1. The number of aromatic nitrogens is 3. The number of nitrogens with one attached hydrogen (secondary N) is 1. The Balaban J connectivity index is 2.50. The second-order valence-electron chi connectivity index (χ2n) is 4.04. The van der Waals surface area contributed by atoms with Gasteiger partial charge in [-0.25, -0.2) is 9.67 Å². The maximum absolute atomic E-state index is 11.5. The van der Waals surface area contributed by atoms with Gasteiger partial charge in [0.2, 0.25) is 5.91 Å². The van der Waals surface area contributed by atoms with Crippen LogP contribution in [0.1, 0.15) is 20.8 Å². The number of carbonyl (C=O) groups excluding carboxylic acids is 1. The van der Waals surface area contributed by atoms with Gasteiger partial charge in [-0.3, -0.25) is 4.79 Å². The number of amides is 1. The lowest BCUT2D eigenvalue weighted by atomic mass is 9.99. The molecule has 0 aliphatic heterocycles. The summed E-state index contributed by atoms with van der Waals surface area (Å²) in [7, 11) is 0. The third kappa shape index (κ3) is 3.32. The number of carbonyl (C=O) groups is 1. The number of hydrogen-bond donors (Lipinski definition) is 2. The van der Waals surface area contributed by atoms with E-state index in [1.807, 2.05) is 0 Å². The van der Waals surface area contributed by atoms with Gasteiger partial charge in [0, 0.05) is 0 Å². The number of rotatable bonds is 4. The van der Waals surface area contributed by atoms with Gasteiger partial charge in [-0.05, 0) is 20.8 Å². The molecule has 1 aromatic rings. The van der Waals surface area contributed by atoms with Gasteiger partial charge in [-0.2, -0.15) is 5.10 Å². The maximum Gasteiger partial charge on any atom is 0.242 e. The van der Waals surface area contributed by atoms with E-state index in [2.05, 4.69) is 15.4 Å². The van der Waals surface area contributed by atoms with Crippen molar-refractivity contribution in [1.29, 1.82) is 0 Å². The molecule has 0 aromatic carbocycles. The van der Waals surface area contributed by atoms with Crippen molar-refractivity contribution < 1.29 is 9.90 Å². The van der Waals surface area contributed by atoms with Crippen molar-refractivity contribution in [3.8, 4) is 0 Å². The fourth-order valence-electron chi connectivity index (χ4n) is 0.965.